The van der Waals surface area contributed by atoms with Crippen molar-refractivity contribution < 1.29 is 0 Å². The lowest BCUT2D eigenvalue weighted by atomic mass is 10.3. The molecule has 0 radical (unpaired) electrons. The number of imidazole rings is 1. The summed E-state index contributed by atoms with van der Waals surface area (Å²) in [5.41, 5.74) is 3.27. The number of rotatable bonds is 5. The normalized spacial score (nSPS) is 11.4. The van der Waals surface area contributed by atoms with Crippen LogP contribution in [0.5, 0.6) is 0 Å². The van der Waals surface area contributed by atoms with Crippen LogP contribution >= 0.6 is 38.9 Å². The highest BCUT2D eigenvalue weighted by Gasteiger charge is 2.11. The molecule has 0 saturated heterocycles. The van der Waals surface area contributed by atoms with Gasteiger partial charge >= 0.3 is 0 Å². The first-order valence-corrected chi connectivity index (χ1v) is 8.99. The Morgan fingerprint density at radius 1 is 1.29 bits per heavy atom. The van der Waals surface area contributed by atoms with E-state index in [9.17, 15) is 0 Å². The topological polar surface area (TPSA) is 30.7 Å². The van der Waals surface area contributed by atoms with E-state index in [0.717, 1.165) is 46.4 Å². The highest BCUT2D eigenvalue weighted by Crippen LogP contribution is 2.22. The monoisotopic (exact) mass is 383 g/mol. The third kappa shape index (κ3) is 3.30. The molecule has 0 aliphatic rings. The van der Waals surface area contributed by atoms with Gasteiger partial charge < -0.3 is 4.57 Å². The van der Waals surface area contributed by atoms with Crippen LogP contribution in [0.2, 0.25) is 0 Å². The Kier molecular flexibility index (Phi) is 4.62. The highest BCUT2D eigenvalue weighted by molar-refractivity contribution is 9.10. The van der Waals surface area contributed by atoms with Crippen molar-refractivity contribution in [2.24, 2.45) is 0 Å². The second-order valence-corrected chi connectivity index (χ2v) is 7.12. The maximum atomic E-state index is 5.91. The van der Waals surface area contributed by atoms with E-state index in [1.165, 1.54) is 5.01 Å². The summed E-state index contributed by atoms with van der Waals surface area (Å²) in [6, 6.07) is 6.22. The summed E-state index contributed by atoms with van der Waals surface area (Å²) in [6.07, 6.45) is 1.71. The zero-order valence-corrected chi connectivity index (χ0v) is 14.8. The van der Waals surface area contributed by atoms with Crippen LogP contribution < -0.4 is 0 Å². The van der Waals surface area contributed by atoms with Gasteiger partial charge in [0.2, 0.25) is 0 Å². The summed E-state index contributed by atoms with van der Waals surface area (Å²) < 4.78 is 3.31. The predicted molar refractivity (Wildman–Crippen MR) is 92.4 cm³/mol. The average molecular weight is 385 g/mol. The van der Waals surface area contributed by atoms with Crippen LogP contribution in [0.15, 0.2) is 28.1 Å². The van der Waals surface area contributed by atoms with Gasteiger partial charge in [-0.25, -0.2) is 9.97 Å². The molecule has 0 unspecified atom stereocenters. The molecule has 0 atom stereocenters. The smallest absolute Gasteiger partial charge is 0.111 e. The molecule has 2 aromatic heterocycles. The summed E-state index contributed by atoms with van der Waals surface area (Å²) in [5, 5.41) is 3.27. The lowest BCUT2D eigenvalue weighted by Gasteiger charge is -2.07. The van der Waals surface area contributed by atoms with Gasteiger partial charge in [0.1, 0.15) is 5.82 Å². The molecule has 2 heterocycles. The molecule has 0 amide bonds. The molecule has 0 N–H and O–H groups in total. The van der Waals surface area contributed by atoms with Crippen LogP contribution in [0, 0.1) is 6.92 Å². The van der Waals surface area contributed by atoms with Gasteiger partial charge in [-0.15, -0.1) is 22.9 Å². The Morgan fingerprint density at radius 3 is 2.86 bits per heavy atom. The Morgan fingerprint density at radius 2 is 2.14 bits per heavy atom. The molecule has 0 bridgehead atoms. The van der Waals surface area contributed by atoms with Crippen molar-refractivity contribution in [3.63, 3.8) is 0 Å². The molecular formula is C15H15BrClN3S. The fraction of sp³-hybridized carbons (Fsp3) is 0.333. The third-order valence-corrected chi connectivity index (χ3v) is 5.03. The fourth-order valence-corrected chi connectivity index (χ4v) is 3.69. The summed E-state index contributed by atoms with van der Waals surface area (Å²) in [4.78, 5) is 9.24. The number of halogens is 2. The van der Waals surface area contributed by atoms with Crippen molar-refractivity contribution in [3.05, 3.63) is 44.6 Å². The van der Waals surface area contributed by atoms with E-state index in [1.807, 2.05) is 6.92 Å². The number of hydrogen-bond acceptors (Lipinski definition) is 3. The second-order valence-electron chi connectivity index (χ2n) is 4.88. The maximum absolute atomic E-state index is 5.91. The van der Waals surface area contributed by atoms with Crippen LogP contribution in [0.1, 0.15) is 16.5 Å². The minimum Gasteiger partial charge on any atom is -0.328 e. The van der Waals surface area contributed by atoms with Crippen molar-refractivity contribution in [1.82, 2.24) is 14.5 Å². The minimum absolute atomic E-state index is 0.584. The van der Waals surface area contributed by atoms with E-state index in [-0.39, 0.29) is 0 Å². The SMILES string of the molecule is Cc1csc(CCn2c(CCCl)nc3cc(Br)ccc32)n1. The molecule has 0 aliphatic carbocycles. The Bertz CT molecular complexity index is 765. The Labute approximate surface area is 141 Å². The number of nitrogens with zero attached hydrogens (tertiary/aromatic N) is 3. The van der Waals surface area contributed by atoms with Crippen LogP contribution in [0.25, 0.3) is 11.0 Å². The van der Waals surface area contributed by atoms with E-state index in [2.05, 4.69) is 49.1 Å². The number of fused-ring (bicyclic) bond motifs is 1. The van der Waals surface area contributed by atoms with Crippen LogP contribution in [0.3, 0.4) is 0 Å². The van der Waals surface area contributed by atoms with Crippen LogP contribution in [-0.2, 0) is 19.4 Å². The number of thiazole rings is 1. The molecule has 0 aliphatic heterocycles. The highest BCUT2D eigenvalue weighted by atomic mass is 79.9. The predicted octanol–water partition coefficient (Wildman–Crippen LogP) is 4.59. The van der Waals surface area contributed by atoms with Crippen molar-refractivity contribution >= 4 is 49.9 Å². The van der Waals surface area contributed by atoms with Crippen molar-refractivity contribution in [2.45, 2.75) is 26.3 Å². The van der Waals surface area contributed by atoms with Gasteiger partial charge in [0.05, 0.1) is 16.0 Å². The van der Waals surface area contributed by atoms with Crippen LogP contribution in [-0.4, -0.2) is 20.4 Å². The van der Waals surface area contributed by atoms with E-state index >= 15 is 0 Å². The molecule has 0 fully saturated rings. The molecular weight excluding hydrogens is 370 g/mol. The molecule has 3 rings (SSSR count). The van der Waals surface area contributed by atoms with Gasteiger partial charge in [-0.3, -0.25) is 0 Å². The molecule has 6 heteroatoms. The molecule has 0 saturated carbocycles. The van der Waals surface area contributed by atoms with Crippen LogP contribution in [0.4, 0.5) is 0 Å². The molecule has 0 spiro atoms. The first-order chi connectivity index (χ1) is 10.2. The number of benzene rings is 1. The summed E-state index contributed by atoms with van der Waals surface area (Å²) in [7, 11) is 0. The van der Waals surface area contributed by atoms with Crippen molar-refractivity contribution in [1.29, 1.82) is 0 Å². The number of alkyl halides is 1. The summed E-state index contributed by atoms with van der Waals surface area (Å²) >= 11 is 11.1. The van der Waals surface area contributed by atoms with Gasteiger partial charge in [-0.1, -0.05) is 15.9 Å². The summed E-state index contributed by atoms with van der Waals surface area (Å²) in [6.45, 7) is 2.92. The van der Waals surface area contributed by atoms with E-state index in [0.29, 0.717) is 5.88 Å². The lowest BCUT2D eigenvalue weighted by molar-refractivity contribution is 0.672. The van der Waals surface area contributed by atoms with Gasteiger partial charge in [-0.2, -0.15) is 0 Å². The van der Waals surface area contributed by atoms with Crippen molar-refractivity contribution in [3.8, 4) is 0 Å². The van der Waals surface area contributed by atoms with Gasteiger partial charge in [0.25, 0.3) is 0 Å². The average Bonchev–Trinajstić information content (AvgIpc) is 3.00. The largest absolute Gasteiger partial charge is 0.328 e. The first kappa shape index (κ1) is 15.0. The second kappa shape index (κ2) is 6.46. The Hall–Kier alpha value is -0.910. The van der Waals surface area contributed by atoms with Gasteiger partial charge in [-0.05, 0) is 25.1 Å². The zero-order valence-electron chi connectivity index (χ0n) is 11.6. The number of aromatic nitrogens is 3. The Balaban J connectivity index is 1.92. The number of aryl methyl sites for hydroxylation is 4. The van der Waals surface area contributed by atoms with Gasteiger partial charge in [0.15, 0.2) is 0 Å². The quantitative estimate of drug-likeness (QED) is 0.602. The fourth-order valence-electron chi connectivity index (χ4n) is 2.40. The van der Waals surface area contributed by atoms with E-state index < -0.39 is 0 Å². The summed E-state index contributed by atoms with van der Waals surface area (Å²) in [5.74, 6) is 1.63. The van der Waals surface area contributed by atoms with Gasteiger partial charge in [0, 0.05) is 40.8 Å². The lowest BCUT2D eigenvalue weighted by Crippen LogP contribution is -2.07. The molecule has 1 aromatic carbocycles. The zero-order chi connectivity index (χ0) is 14.8. The van der Waals surface area contributed by atoms with E-state index in [4.69, 9.17) is 16.6 Å². The maximum Gasteiger partial charge on any atom is 0.111 e. The minimum atomic E-state index is 0.584. The molecule has 3 nitrogen and oxygen atoms in total. The number of hydrogen-bond donors (Lipinski definition) is 0. The molecule has 21 heavy (non-hydrogen) atoms. The first-order valence-electron chi connectivity index (χ1n) is 6.79. The third-order valence-electron chi connectivity index (χ3n) is 3.32. The van der Waals surface area contributed by atoms with Crippen molar-refractivity contribution in [2.75, 3.05) is 5.88 Å². The molecule has 110 valence electrons. The molecule has 3 aromatic rings. The van der Waals surface area contributed by atoms with E-state index in [1.54, 1.807) is 11.3 Å². The standard InChI is InChI=1S/C15H15BrClN3S/c1-10-9-21-15(18-10)5-7-20-13-3-2-11(16)8-12(13)19-14(20)4-6-17/h2-3,8-9H,4-7H2,1H3.